The third-order valence-electron chi connectivity index (χ3n) is 3.43. The van der Waals surface area contributed by atoms with Gasteiger partial charge in [0.1, 0.15) is 0 Å². The van der Waals surface area contributed by atoms with E-state index in [1.807, 2.05) is 0 Å². The predicted molar refractivity (Wildman–Crippen MR) is 93.7 cm³/mol. The fourth-order valence-corrected chi connectivity index (χ4v) is 2.27. The molecule has 0 saturated carbocycles. The van der Waals surface area contributed by atoms with Gasteiger partial charge in [-0.1, -0.05) is 71.6 Å². The van der Waals surface area contributed by atoms with Crippen LogP contribution in [0.4, 0.5) is 0 Å². The smallest absolute Gasteiger partial charge is 0.248 e. The summed E-state index contributed by atoms with van der Waals surface area (Å²) >= 11 is 0. The molecule has 0 bridgehead atoms. The number of nitrogens with zero attached hydrogens (tertiary/aromatic N) is 1. The molecule has 0 aliphatic heterocycles. The van der Waals surface area contributed by atoms with Gasteiger partial charge in [0.25, 0.3) is 0 Å². The standard InChI is InChI=1S/C16H33N3O.ClH/c1-14(2)12-10-8-6-4-3-5-7-9-11-13-15(20)19-16(17)18;/h14H,3-13H2,1-2H3,(H4,17,18,19,20);1H. The lowest BCUT2D eigenvalue weighted by Crippen LogP contribution is -2.24. The van der Waals surface area contributed by atoms with Crippen molar-refractivity contribution in [3.8, 4) is 0 Å². The summed E-state index contributed by atoms with van der Waals surface area (Å²) in [6, 6.07) is 0. The highest BCUT2D eigenvalue weighted by Gasteiger charge is 1.99. The maximum absolute atomic E-state index is 11.2. The van der Waals surface area contributed by atoms with Crippen molar-refractivity contribution in [3.05, 3.63) is 0 Å². The van der Waals surface area contributed by atoms with Gasteiger partial charge in [-0.3, -0.25) is 4.79 Å². The molecule has 4 N–H and O–H groups in total. The quantitative estimate of drug-likeness (QED) is 0.322. The number of unbranched alkanes of at least 4 members (excludes halogenated alkanes) is 8. The van der Waals surface area contributed by atoms with E-state index in [1.165, 1.54) is 51.4 Å². The van der Waals surface area contributed by atoms with Crippen molar-refractivity contribution in [1.82, 2.24) is 0 Å². The number of hydrogen-bond donors (Lipinski definition) is 2. The van der Waals surface area contributed by atoms with Crippen molar-refractivity contribution in [2.24, 2.45) is 22.4 Å². The molecule has 0 spiro atoms. The topological polar surface area (TPSA) is 81.5 Å². The van der Waals surface area contributed by atoms with E-state index in [2.05, 4.69) is 18.8 Å². The van der Waals surface area contributed by atoms with Crippen LogP contribution >= 0.6 is 12.4 Å². The lowest BCUT2D eigenvalue weighted by Gasteiger charge is -2.04. The van der Waals surface area contributed by atoms with Crippen LogP contribution in [0.2, 0.25) is 0 Å². The number of nitrogens with two attached hydrogens (primary N) is 2. The molecule has 4 nitrogen and oxygen atoms in total. The van der Waals surface area contributed by atoms with Crippen molar-refractivity contribution >= 4 is 24.3 Å². The van der Waals surface area contributed by atoms with Crippen LogP contribution < -0.4 is 11.5 Å². The zero-order chi connectivity index (χ0) is 15.2. The SMILES string of the molecule is CC(C)CCCCCCCCCCCC(=O)N=C(N)N.Cl. The Morgan fingerprint density at radius 1 is 0.857 bits per heavy atom. The van der Waals surface area contributed by atoms with Gasteiger partial charge >= 0.3 is 0 Å². The van der Waals surface area contributed by atoms with Crippen molar-refractivity contribution in [2.75, 3.05) is 0 Å². The number of halogens is 1. The molecule has 126 valence electrons. The number of carbonyl (C=O) groups is 1. The van der Waals surface area contributed by atoms with E-state index in [1.54, 1.807) is 0 Å². The zero-order valence-electron chi connectivity index (χ0n) is 13.8. The first-order valence-corrected chi connectivity index (χ1v) is 8.15. The Kier molecular flexibility index (Phi) is 16.7. The third kappa shape index (κ3) is 19.2. The average Bonchev–Trinajstić information content (AvgIpc) is 2.34. The Morgan fingerprint density at radius 2 is 1.29 bits per heavy atom. The first-order chi connectivity index (χ1) is 9.52. The van der Waals surface area contributed by atoms with Crippen LogP contribution in [0.3, 0.4) is 0 Å². The maximum Gasteiger partial charge on any atom is 0.248 e. The minimum atomic E-state index is -0.199. The molecule has 0 radical (unpaired) electrons. The first-order valence-electron chi connectivity index (χ1n) is 8.15. The summed E-state index contributed by atoms with van der Waals surface area (Å²) in [6.45, 7) is 4.58. The highest BCUT2D eigenvalue weighted by atomic mass is 35.5. The number of aliphatic imine (C=N–C) groups is 1. The van der Waals surface area contributed by atoms with Crippen LogP contribution in [0.1, 0.15) is 84.5 Å². The molecular weight excluding hydrogens is 286 g/mol. The monoisotopic (exact) mass is 319 g/mol. The highest BCUT2D eigenvalue weighted by Crippen LogP contribution is 2.13. The van der Waals surface area contributed by atoms with E-state index in [-0.39, 0.29) is 24.3 Å². The minimum Gasteiger partial charge on any atom is -0.370 e. The van der Waals surface area contributed by atoms with Crippen LogP contribution in [0.5, 0.6) is 0 Å². The Morgan fingerprint density at radius 3 is 1.71 bits per heavy atom. The van der Waals surface area contributed by atoms with Crippen LogP contribution in [0, 0.1) is 5.92 Å². The van der Waals surface area contributed by atoms with Gasteiger partial charge in [-0.2, -0.15) is 4.99 Å². The van der Waals surface area contributed by atoms with Gasteiger partial charge in [0.2, 0.25) is 5.91 Å². The summed E-state index contributed by atoms with van der Waals surface area (Å²) in [6.07, 6.45) is 13.1. The second-order valence-electron chi connectivity index (χ2n) is 6.04. The summed E-state index contributed by atoms with van der Waals surface area (Å²) in [5, 5.41) is 0. The van der Waals surface area contributed by atoms with Crippen molar-refractivity contribution in [2.45, 2.75) is 84.5 Å². The van der Waals surface area contributed by atoms with Crippen LogP contribution in [-0.2, 0) is 4.79 Å². The Hall–Kier alpha value is -0.770. The van der Waals surface area contributed by atoms with Crippen LogP contribution in [0.25, 0.3) is 0 Å². The van der Waals surface area contributed by atoms with E-state index in [9.17, 15) is 4.79 Å². The van der Waals surface area contributed by atoms with Gasteiger partial charge in [0, 0.05) is 6.42 Å². The number of amides is 1. The van der Waals surface area contributed by atoms with Crippen molar-refractivity contribution in [1.29, 1.82) is 0 Å². The molecule has 0 aromatic rings. The van der Waals surface area contributed by atoms with Gasteiger partial charge in [-0.05, 0) is 12.3 Å². The average molecular weight is 320 g/mol. The van der Waals surface area contributed by atoms with Gasteiger partial charge in [0.05, 0.1) is 0 Å². The number of hydrogen-bond acceptors (Lipinski definition) is 1. The van der Waals surface area contributed by atoms with E-state index in [0.717, 1.165) is 18.8 Å². The van der Waals surface area contributed by atoms with Gasteiger partial charge in [-0.15, -0.1) is 12.4 Å². The molecule has 5 heteroatoms. The molecule has 0 aromatic heterocycles. The van der Waals surface area contributed by atoms with Gasteiger partial charge < -0.3 is 11.5 Å². The van der Waals surface area contributed by atoms with E-state index < -0.39 is 0 Å². The van der Waals surface area contributed by atoms with Crippen molar-refractivity contribution in [3.63, 3.8) is 0 Å². The minimum absolute atomic E-state index is 0. The third-order valence-corrected chi connectivity index (χ3v) is 3.43. The lowest BCUT2D eigenvalue weighted by molar-refractivity contribution is -0.117. The molecule has 0 aromatic carbocycles. The van der Waals surface area contributed by atoms with Crippen LogP contribution in [0.15, 0.2) is 4.99 Å². The Balaban J connectivity index is 0. The molecule has 21 heavy (non-hydrogen) atoms. The molecule has 0 aliphatic rings. The summed E-state index contributed by atoms with van der Waals surface area (Å²) < 4.78 is 0. The number of guanidine groups is 1. The van der Waals surface area contributed by atoms with Crippen molar-refractivity contribution < 1.29 is 4.79 Å². The molecular formula is C16H34ClN3O. The fourth-order valence-electron chi connectivity index (χ4n) is 2.27. The zero-order valence-corrected chi connectivity index (χ0v) is 14.6. The summed E-state index contributed by atoms with van der Waals surface area (Å²) in [5.74, 6) is 0.513. The second-order valence-corrected chi connectivity index (χ2v) is 6.04. The van der Waals surface area contributed by atoms with Gasteiger partial charge in [-0.25, -0.2) is 0 Å². The number of carbonyl (C=O) groups excluding carboxylic acids is 1. The van der Waals surface area contributed by atoms with Gasteiger partial charge in [0.15, 0.2) is 5.96 Å². The highest BCUT2D eigenvalue weighted by molar-refractivity contribution is 5.91. The Bertz CT molecular complexity index is 277. The largest absolute Gasteiger partial charge is 0.370 e. The molecule has 0 saturated heterocycles. The second kappa shape index (κ2) is 15.6. The lowest BCUT2D eigenvalue weighted by atomic mass is 10.0. The summed E-state index contributed by atoms with van der Waals surface area (Å²) in [4.78, 5) is 14.7. The fraction of sp³-hybridized carbons (Fsp3) is 0.875. The summed E-state index contributed by atoms with van der Waals surface area (Å²) in [7, 11) is 0. The maximum atomic E-state index is 11.2. The normalized spacial score (nSPS) is 10.2. The summed E-state index contributed by atoms with van der Waals surface area (Å²) in [5.41, 5.74) is 10.3. The molecule has 0 unspecified atom stereocenters. The van der Waals surface area contributed by atoms with Crippen LogP contribution in [-0.4, -0.2) is 11.9 Å². The molecule has 0 atom stereocenters. The molecule has 0 fully saturated rings. The van der Waals surface area contributed by atoms with E-state index in [0.29, 0.717) is 6.42 Å². The molecule has 0 rings (SSSR count). The van der Waals surface area contributed by atoms with E-state index >= 15 is 0 Å². The molecule has 1 amide bonds. The predicted octanol–water partition coefficient (Wildman–Crippen LogP) is 4.16. The molecule has 0 heterocycles. The van der Waals surface area contributed by atoms with E-state index in [4.69, 9.17) is 11.5 Å². The number of rotatable bonds is 12. The first kappa shape index (κ1) is 22.5. The Labute approximate surface area is 136 Å². The molecule has 0 aliphatic carbocycles.